The molecule has 0 radical (unpaired) electrons. The lowest BCUT2D eigenvalue weighted by molar-refractivity contribution is 0.284. The monoisotopic (exact) mass is 445 g/mol. The van der Waals surface area contributed by atoms with E-state index >= 15 is 0 Å². The topological polar surface area (TPSA) is 41.3 Å². The number of hydrogen-bond donors (Lipinski definition) is 1. The summed E-state index contributed by atoms with van der Waals surface area (Å²) < 4.78 is 21.1. The Morgan fingerprint density at radius 3 is 2.81 bits per heavy atom. The van der Waals surface area contributed by atoms with Crippen LogP contribution in [0.1, 0.15) is 30.5 Å². The van der Waals surface area contributed by atoms with Crippen molar-refractivity contribution in [1.82, 2.24) is 15.2 Å². The van der Waals surface area contributed by atoms with E-state index in [0.717, 1.165) is 18.0 Å². The number of rotatable bonds is 4. The molecule has 1 aliphatic rings. The molecule has 3 heterocycles. The quantitative estimate of drug-likeness (QED) is 0.556. The predicted molar refractivity (Wildman–Crippen MR) is 110 cm³/mol. The van der Waals surface area contributed by atoms with Crippen molar-refractivity contribution in [1.29, 1.82) is 0 Å². The molecule has 1 aliphatic heterocycles. The van der Waals surface area contributed by atoms with E-state index in [-0.39, 0.29) is 17.9 Å². The Bertz CT molecular complexity index is 978. The van der Waals surface area contributed by atoms with Gasteiger partial charge in [0.25, 0.3) is 0 Å². The van der Waals surface area contributed by atoms with Gasteiger partial charge in [0, 0.05) is 17.2 Å². The van der Waals surface area contributed by atoms with Crippen molar-refractivity contribution in [3.8, 4) is 11.3 Å². The summed E-state index contributed by atoms with van der Waals surface area (Å²) in [6.45, 7) is 2.77. The smallest absolute Gasteiger partial charge is 0.170 e. The molecule has 7 heteroatoms. The van der Waals surface area contributed by atoms with Gasteiger partial charge >= 0.3 is 0 Å². The Hall–Kier alpha value is -2.25. The number of benzene rings is 1. The summed E-state index contributed by atoms with van der Waals surface area (Å²) in [5.74, 6) is 0.875. The second kappa shape index (κ2) is 7.40. The van der Waals surface area contributed by atoms with Crippen LogP contribution in [0, 0.1) is 5.82 Å². The fraction of sp³-hybridized carbons (Fsp3) is 0.200. The van der Waals surface area contributed by atoms with Crippen molar-refractivity contribution in [2.75, 3.05) is 6.54 Å². The first kappa shape index (κ1) is 18.1. The highest BCUT2D eigenvalue weighted by atomic mass is 79.9. The summed E-state index contributed by atoms with van der Waals surface area (Å²) in [6, 6.07) is 14.1. The van der Waals surface area contributed by atoms with Crippen LogP contribution in [0.25, 0.3) is 11.3 Å². The van der Waals surface area contributed by atoms with Gasteiger partial charge in [0.1, 0.15) is 23.4 Å². The van der Waals surface area contributed by atoms with Crippen LogP contribution in [0.2, 0.25) is 0 Å². The molecule has 4 nitrogen and oxygen atoms in total. The molecule has 0 amide bonds. The van der Waals surface area contributed by atoms with Crippen LogP contribution in [0.3, 0.4) is 0 Å². The number of furan rings is 1. The second-order valence-electron chi connectivity index (χ2n) is 6.24. The van der Waals surface area contributed by atoms with E-state index in [2.05, 4.69) is 31.1 Å². The Labute approximate surface area is 170 Å². The van der Waals surface area contributed by atoms with Gasteiger partial charge in [-0.2, -0.15) is 0 Å². The SMILES string of the molecule is CCN1C(=S)NC(c2ccccn2)C1c1ccc(-c2ccc(Br)cc2F)o1. The molecule has 1 saturated heterocycles. The molecule has 0 aliphatic carbocycles. The minimum atomic E-state index is -0.334. The van der Waals surface area contributed by atoms with Crippen molar-refractivity contribution >= 4 is 33.3 Å². The molecule has 27 heavy (non-hydrogen) atoms. The number of nitrogens with one attached hydrogen (secondary N) is 1. The van der Waals surface area contributed by atoms with Gasteiger partial charge in [0.2, 0.25) is 0 Å². The van der Waals surface area contributed by atoms with Crippen LogP contribution in [-0.2, 0) is 0 Å². The molecule has 0 saturated carbocycles. The van der Waals surface area contributed by atoms with Crippen molar-refractivity contribution in [2.24, 2.45) is 0 Å². The van der Waals surface area contributed by atoms with Crippen molar-refractivity contribution in [3.05, 3.63) is 76.5 Å². The lowest BCUT2D eigenvalue weighted by Gasteiger charge is -2.24. The van der Waals surface area contributed by atoms with Crippen LogP contribution in [-0.4, -0.2) is 21.5 Å². The zero-order chi connectivity index (χ0) is 19.0. The van der Waals surface area contributed by atoms with Crippen LogP contribution >= 0.6 is 28.1 Å². The number of hydrogen-bond acceptors (Lipinski definition) is 3. The average Bonchev–Trinajstić information content (AvgIpc) is 3.26. The minimum Gasteiger partial charge on any atom is -0.459 e. The third kappa shape index (κ3) is 3.37. The lowest BCUT2D eigenvalue weighted by atomic mass is 10.0. The molecule has 0 spiro atoms. The number of aromatic nitrogens is 1. The lowest BCUT2D eigenvalue weighted by Crippen LogP contribution is -2.29. The molecule has 1 N–H and O–H groups in total. The zero-order valence-electron chi connectivity index (χ0n) is 14.5. The van der Waals surface area contributed by atoms with Gasteiger partial charge in [-0.15, -0.1) is 0 Å². The highest BCUT2D eigenvalue weighted by Crippen LogP contribution is 2.40. The summed E-state index contributed by atoms with van der Waals surface area (Å²) in [5, 5.41) is 4.00. The Balaban J connectivity index is 1.73. The molecular formula is C20H17BrFN3OS. The Morgan fingerprint density at radius 1 is 1.26 bits per heavy atom. The van der Waals surface area contributed by atoms with Crippen molar-refractivity contribution < 1.29 is 8.81 Å². The normalized spacial score (nSPS) is 19.4. The minimum absolute atomic E-state index is 0.132. The Kier molecular flexibility index (Phi) is 4.97. The number of pyridine rings is 1. The highest BCUT2D eigenvalue weighted by molar-refractivity contribution is 9.10. The summed E-state index contributed by atoms with van der Waals surface area (Å²) in [7, 11) is 0. The first-order valence-corrected chi connectivity index (χ1v) is 9.82. The zero-order valence-corrected chi connectivity index (χ0v) is 16.9. The molecule has 0 bridgehead atoms. The average molecular weight is 446 g/mol. The molecule has 138 valence electrons. The van der Waals surface area contributed by atoms with Gasteiger partial charge in [0.15, 0.2) is 5.11 Å². The summed E-state index contributed by atoms with van der Waals surface area (Å²) in [6.07, 6.45) is 1.76. The number of thiocarbonyl (C=S) groups is 1. The van der Waals surface area contributed by atoms with E-state index in [1.807, 2.05) is 31.2 Å². The van der Waals surface area contributed by atoms with Gasteiger partial charge in [-0.25, -0.2) is 4.39 Å². The molecule has 3 aromatic rings. The van der Waals surface area contributed by atoms with E-state index in [4.69, 9.17) is 16.6 Å². The fourth-order valence-corrected chi connectivity index (χ4v) is 4.10. The number of nitrogens with zero attached hydrogens (tertiary/aromatic N) is 2. The summed E-state index contributed by atoms with van der Waals surface area (Å²) in [4.78, 5) is 6.54. The molecule has 1 fully saturated rings. The van der Waals surface area contributed by atoms with E-state index in [0.29, 0.717) is 20.9 Å². The van der Waals surface area contributed by atoms with E-state index < -0.39 is 0 Å². The first-order chi connectivity index (χ1) is 13.1. The molecule has 1 aromatic carbocycles. The fourth-order valence-electron chi connectivity index (χ4n) is 3.40. The van der Waals surface area contributed by atoms with Crippen LogP contribution < -0.4 is 5.32 Å². The second-order valence-corrected chi connectivity index (χ2v) is 7.54. The van der Waals surface area contributed by atoms with Gasteiger partial charge in [0.05, 0.1) is 17.3 Å². The van der Waals surface area contributed by atoms with Gasteiger partial charge in [-0.3, -0.25) is 4.98 Å². The van der Waals surface area contributed by atoms with Crippen molar-refractivity contribution in [3.63, 3.8) is 0 Å². The van der Waals surface area contributed by atoms with Crippen LogP contribution in [0.4, 0.5) is 4.39 Å². The van der Waals surface area contributed by atoms with E-state index in [1.165, 1.54) is 6.07 Å². The third-order valence-corrected chi connectivity index (χ3v) is 5.50. The number of likely N-dealkylation sites (N-methyl/N-ethyl adjacent to an activating group) is 1. The maximum atomic E-state index is 14.3. The van der Waals surface area contributed by atoms with Gasteiger partial charge in [-0.1, -0.05) is 22.0 Å². The Morgan fingerprint density at radius 2 is 2.11 bits per heavy atom. The van der Waals surface area contributed by atoms with Crippen LogP contribution in [0.15, 0.2) is 63.6 Å². The van der Waals surface area contributed by atoms with Crippen molar-refractivity contribution in [2.45, 2.75) is 19.0 Å². The molecule has 4 rings (SSSR count). The van der Waals surface area contributed by atoms with E-state index in [9.17, 15) is 4.39 Å². The number of halogens is 2. The maximum absolute atomic E-state index is 14.3. The van der Waals surface area contributed by atoms with Crippen LogP contribution in [0.5, 0.6) is 0 Å². The highest BCUT2D eigenvalue weighted by Gasteiger charge is 2.40. The first-order valence-electron chi connectivity index (χ1n) is 8.61. The van der Waals surface area contributed by atoms with E-state index in [1.54, 1.807) is 24.4 Å². The molecule has 2 aromatic heterocycles. The third-order valence-electron chi connectivity index (χ3n) is 4.65. The molecule has 2 atom stereocenters. The summed E-state index contributed by atoms with van der Waals surface area (Å²) >= 11 is 8.79. The standard InChI is InChI=1S/C20H17BrFN3OS/c1-2-25-19(18(24-20(25)27)15-5-3-4-10-23-15)17-9-8-16(26-17)13-7-6-12(21)11-14(13)22/h3-11,18-19H,2H2,1H3,(H,24,27). The summed E-state index contributed by atoms with van der Waals surface area (Å²) in [5.41, 5.74) is 1.31. The molecule has 2 unspecified atom stereocenters. The predicted octanol–water partition coefficient (Wildman–Crippen LogP) is 5.24. The van der Waals surface area contributed by atoms with Gasteiger partial charge in [-0.05, 0) is 61.6 Å². The molecular weight excluding hydrogens is 429 g/mol. The van der Waals surface area contributed by atoms with Gasteiger partial charge < -0.3 is 14.6 Å². The maximum Gasteiger partial charge on any atom is 0.170 e. The largest absolute Gasteiger partial charge is 0.459 e.